The molecule has 114 valence electrons. The number of rotatable bonds is 0. The zero-order valence-corrected chi connectivity index (χ0v) is 12.9. The lowest BCUT2D eigenvalue weighted by molar-refractivity contribution is 1.26. The van der Waals surface area contributed by atoms with Crippen molar-refractivity contribution in [3.63, 3.8) is 0 Å². The minimum atomic E-state index is -0.105. The summed E-state index contributed by atoms with van der Waals surface area (Å²) in [5, 5.41) is 50.2. The summed E-state index contributed by atoms with van der Waals surface area (Å²) < 4.78 is 0. The third-order valence-electron chi connectivity index (χ3n) is 4.31. The monoisotopic (exact) mass is 329 g/mol. The maximum atomic E-state index is 9.67. The molecular formula is C19H3N7. The molecule has 4 aromatic rings. The van der Waals surface area contributed by atoms with Gasteiger partial charge in [-0.1, -0.05) is 12.1 Å². The van der Waals surface area contributed by atoms with Crippen LogP contribution < -0.4 is 0 Å². The third-order valence-corrected chi connectivity index (χ3v) is 4.31. The molecule has 7 nitrogen and oxygen atoms in total. The Kier molecular flexibility index (Phi) is 2.91. The first-order valence-corrected chi connectivity index (χ1v) is 7.25. The van der Waals surface area contributed by atoms with Crippen LogP contribution in [0.4, 0.5) is 0 Å². The van der Waals surface area contributed by atoms with Gasteiger partial charge in [-0.25, -0.2) is 9.97 Å². The van der Waals surface area contributed by atoms with E-state index in [-0.39, 0.29) is 39.0 Å². The van der Waals surface area contributed by atoms with Crippen LogP contribution in [0.15, 0.2) is 18.3 Å². The fourth-order valence-electron chi connectivity index (χ4n) is 3.33. The van der Waals surface area contributed by atoms with Gasteiger partial charge in [0.1, 0.15) is 41.7 Å². The van der Waals surface area contributed by atoms with E-state index in [9.17, 15) is 26.3 Å². The third kappa shape index (κ3) is 1.60. The molecule has 0 radical (unpaired) electrons. The molecule has 0 bridgehead atoms. The maximum Gasteiger partial charge on any atom is 0.151 e. The topological polar surface area (TPSA) is 145 Å². The van der Waals surface area contributed by atoms with Gasteiger partial charge in [0, 0.05) is 38.5 Å². The van der Waals surface area contributed by atoms with Crippen LogP contribution in [-0.2, 0) is 0 Å². The van der Waals surface area contributed by atoms with Crippen molar-refractivity contribution < 1.29 is 0 Å². The molecular weight excluding hydrogens is 326 g/mol. The van der Waals surface area contributed by atoms with Gasteiger partial charge in [0.15, 0.2) is 5.69 Å². The second kappa shape index (κ2) is 5.12. The molecule has 0 amide bonds. The first kappa shape index (κ1) is 14.8. The first-order chi connectivity index (χ1) is 12.7. The Morgan fingerprint density at radius 2 is 1.23 bits per heavy atom. The zero-order valence-electron chi connectivity index (χ0n) is 12.9. The van der Waals surface area contributed by atoms with Crippen molar-refractivity contribution in [3.8, 4) is 30.3 Å². The highest BCUT2D eigenvalue weighted by atomic mass is 14.7. The van der Waals surface area contributed by atoms with Crippen molar-refractivity contribution in [2.75, 3.05) is 0 Å². The van der Waals surface area contributed by atoms with E-state index in [0.717, 1.165) is 0 Å². The Morgan fingerprint density at radius 3 is 1.81 bits per heavy atom. The average Bonchev–Trinajstić information content (AvgIpc) is 2.70. The van der Waals surface area contributed by atoms with Gasteiger partial charge in [0.25, 0.3) is 0 Å². The molecule has 0 atom stereocenters. The van der Waals surface area contributed by atoms with Crippen LogP contribution in [-0.4, -0.2) is 9.97 Å². The summed E-state index contributed by atoms with van der Waals surface area (Å²) in [5.74, 6) is 0. The molecule has 0 unspecified atom stereocenters. The summed E-state index contributed by atoms with van der Waals surface area (Å²) in [5.41, 5.74) is -0.123. The Hall–Kier alpha value is -4.77. The molecule has 0 saturated heterocycles. The highest BCUT2D eigenvalue weighted by molar-refractivity contribution is 6.27. The Bertz CT molecular complexity index is 1480. The summed E-state index contributed by atoms with van der Waals surface area (Å²) in [7, 11) is 0. The summed E-state index contributed by atoms with van der Waals surface area (Å²) in [6, 6.07) is 13.1. The first-order valence-electron chi connectivity index (χ1n) is 7.25. The van der Waals surface area contributed by atoms with E-state index in [1.807, 2.05) is 30.3 Å². The maximum absolute atomic E-state index is 9.67. The van der Waals surface area contributed by atoms with E-state index >= 15 is 0 Å². The van der Waals surface area contributed by atoms with Crippen LogP contribution in [0.25, 0.3) is 32.3 Å². The Labute approximate surface area is 146 Å². The van der Waals surface area contributed by atoms with Crippen LogP contribution in [0.3, 0.4) is 0 Å². The summed E-state index contributed by atoms with van der Waals surface area (Å²) >= 11 is 0. The lowest BCUT2D eigenvalue weighted by atomic mass is 9.87. The number of hydrogen-bond donors (Lipinski definition) is 0. The number of nitriles is 5. The SMILES string of the molecule is N#Cc1nc(C#N)c2c(C#N)c(C#N)c3c(C#N)ncc4ccc1c2c43. The van der Waals surface area contributed by atoms with Crippen molar-refractivity contribution in [2.45, 2.75) is 0 Å². The van der Waals surface area contributed by atoms with Crippen molar-refractivity contribution in [1.82, 2.24) is 9.97 Å². The van der Waals surface area contributed by atoms with E-state index in [2.05, 4.69) is 9.97 Å². The van der Waals surface area contributed by atoms with Crippen LogP contribution in [0.2, 0.25) is 0 Å². The fraction of sp³-hybridized carbons (Fsp3) is 0. The summed E-state index contributed by atoms with van der Waals surface area (Å²) in [6.07, 6.45) is 1.49. The van der Waals surface area contributed by atoms with Crippen molar-refractivity contribution in [2.24, 2.45) is 0 Å². The van der Waals surface area contributed by atoms with Crippen molar-refractivity contribution >= 4 is 32.3 Å². The molecule has 0 spiro atoms. The largest absolute Gasteiger partial charge is 0.244 e. The fourth-order valence-corrected chi connectivity index (χ4v) is 3.33. The summed E-state index contributed by atoms with van der Waals surface area (Å²) in [6.45, 7) is 0. The van der Waals surface area contributed by atoms with E-state index in [1.54, 1.807) is 12.1 Å². The van der Waals surface area contributed by atoms with Crippen molar-refractivity contribution in [3.05, 3.63) is 46.5 Å². The average molecular weight is 329 g/mol. The molecule has 0 aliphatic carbocycles. The van der Waals surface area contributed by atoms with Gasteiger partial charge in [-0.2, -0.15) is 26.3 Å². The van der Waals surface area contributed by atoms with Crippen molar-refractivity contribution in [1.29, 1.82) is 26.3 Å². The van der Waals surface area contributed by atoms with Gasteiger partial charge in [0.05, 0.1) is 11.1 Å². The quantitative estimate of drug-likeness (QED) is 0.451. The van der Waals surface area contributed by atoms with E-state index in [4.69, 9.17) is 0 Å². The van der Waals surface area contributed by atoms with E-state index < -0.39 is 0 Å². The number of aromatic nitrogens is 2. The molecule has 0 saturated carbocycles. The smallest absolute Gasteiger partial charge is 0.151 e. The number of benzene rings is 2. The summed E-state index contributed by atoms with van der Waals surface area (Å²) in [4.78, 5) is 8.14. The van der Waals surface area contributed by atoms with E-state index in [1.165, 1.54) is 6.20 Å². The number of pyridine rings is 2. The Balaban J connectivity index is 2.58. The molecule has 0 fully saturated rings. The predicted octanol–water partition coefficient (Wildman–Crippen LogP) is 2.73. The molecule has 7 heteroatoms. The highest BCUT2D eigenvalue weighted by Crippen LogP contribution is 2.41. The predicted molar refractivity (Wildman–Crippen MR) is 89.3 cm³/mol. The molecule has 2 aromatic heterocycles. The molecule has 2 aromatic carbocycles. The lowest BCUT2D eigenvalue weighted by Crippen LogP contribution is -2.02. The van der Waals surface area contributed by atoms with Crippen LogP contribution in [0.1, 0.15) is 28.2 Å². The molecule has 4 rings (SSSR count). The molecule has 0 aliphatic heterocycles. The van der Waals surface area contributed by atoms with E-state index in [0.29, 0.717) is 21.5 Å². The van der Waals surface area contributed by atoms with Gasteiger partial charge < -0.3 is 0 Å². The number of nitrogens with zero attached hydrogens (tertiary/aromatic N) is 7. The molecule has 2 heterocycles. The lowest BCUT2D eigenvalue weighted by Gasteiger charge is -2.15. The second-order valence-corrected chi connectivity index (χ2v) is 5.43. The molecule has 0 aliphatic rings. The van der Waals surface area contributed by atoms with Gasteiger partial charge >= 0.3 is 0 Å². The number of hydrogen-bond acceptors (Lipinski definition) is 7. The zero-order chi connectivity index (χ0) is 18.4. The Morgan fingerprint density at radius 1 is 0.615 bits per heavy atom. The standard InChI is InChI=1S/C19H3N7/c20-3-11-12(4-21)18-15(7-24)26-13(5-22)10-2-1-9-8-25-14(6-23)17(11)16(9)19(10)18/h1-2,8H. The minimum absolute atomic E-state index is 0.00813. The highest BCUT2D eigenvalue weighted by Gasteiger charge is 2.25. The van der Waals surface area contributed by atoms with Gasteiger partial charge in [0.2, 0.25) is 0 Å². The van der Waals surface area contributed by atoms with Gasteiger partial charge in [-0.3, -0.25) is 0 Å². The normalized spacial score (nSPS) is 10.1. The minimum Gasteiger partial charge on any atom is -0.244 e. The van der Waals surface area contributed by atoms with Crippen LogP contribution in [0.5, 0.6) is 0 Å². The van der Waals surface area contributed by atoms with Crippen LogP contribution in [0, 0.1) is 56.7 Å². The molecule has 0 N–H and O–H groups in total. The molecule has 26 heavy (non-hydrogen) atoms. The second-order valence-electron chi connectivity index (χ2n) is 5.43. The van der Waals surface area contributed by atoms with Gasteiger partial charge in [-0.05, 0) is 0 Å². The van der Waals surface area contributed by atoms with Gasteiger partial charge in [-0.15, -0.1) is 0 Å². The van der Waals surface area contributed by atoms with Crippen LogP contribution >= 0.6 is 0 Å².